The highest BCUT2D eigenvalue weighted by atomic mass is 79.9. The molecule has 1 aliphatic carbocycles. The van der Waals surface area contributed by atoms with Crippen LogP contribution in [0.25, 0.3) is 0 Å². The Bertz CT molecular complexity index is 507. The van der Waals surface area contributed by atoms with Crippen LogP contribution in [0.2, 0.25) is 0 Å². The molecule has 0 aliphatic heterocycles. The highest BCUT2D eigenvalue weighted by Gasteiger charge is 2.23. The Morgan fingerprint density at radius 3 is 2.85 bits per heavy atom. The van der Waals surface area contributed by atoms with Gasteiger partial charge in [-0.05, 0) is 31.2 Å². The van der Waals surface area contributed by atoms with Crippen LogP contribution in [-0.4, -0.2) is 22.2 Å². The van der Waals surface area contributed by atoms with Crippen molar-refractivity contribution < 1.29 is 9.72 Å². The number of rotatable bonds is 4. The first kappa shape index (κ1) is 15.0. The molecular weight excluding hydrogens is 324 g/mol. The molecule has 108 valence electrons. The summed E-state index contributed by atoms with van der Waals surface area (Å²) in [6, 6.07) is 6.04. The number of nitrogens with zero attached hydrogens (tertiary/aromatic N) is 1. The van der Waals surface area contributed by atoms with Gasteiger partial charge in [0.15, 0.2) is 0 Å². The van der Waals surface area contributed by atoms with Gasteiger partial charge >= 0.3 is 0 Å². The second kappa shape index (κ2) is 6.83. The lowest BCUT2D eigenvalue weighted by molar-refractivity contribution is -0.385. The molecule has 1 N–H and O–H groups in total. The second-order valence-corrected chi connectivity index (χ2v) is 6.41. The Morgan fingerprint density at radius 2 is 2.15 bits per heavy atom. The third kappa shape index (κ3) is 3.79. The number of carbonyl (C=O) groups is 1. The number of hydrogen-bond acceptors (Lipinski definition) is 3. The lowest BCUT2D eigenvalue weighted by Gasteiger charge is -2.25. The van der Waals surface area contributed by atoms with Crippen molar-refractivity contribution in [3.63, 3.8) is 0 Å². The van der Waals surface area contributed by atoms with Crippen LogP contribution in [0.3, 0.4) is 0 Å². The summed E-state index contributed by atoms with van der Waals surface area (Å²) in [6.07, 6.45) is 4.47. The highest BCUT2D eigenvalue weighted by molar-refractivity contribution is 9.09. The van der Waals surface area contributed by atoms with E-state index < -0.39 is 4.92 Å². The molecule has 1 aromatic carbocycles. The summed E-state index contributed by atoms with van der Waals surface area (Å²) in [5.41, 5.74) is -0.0179. The number of amides is 1. The van der Waals surface area contributed by atoms with Crippen LogP contribution in [0.15, 0.2) is 24.3 Å². The Balaban J connectivity index is 1.97. The van der Waals surface area contributed by atoms with Gasteiger partial charge in [-0.1, -0.05) is 34.5 Å². The minimum atomic E-state index is -0.524. The smallest absolute Gasteiger partial charge is 0.282 e. The fraction of sp³-hybridized carbons (Fsp3) is 0.500. The molecule has 0 aromatic heterocycles. The van der Waals surface area contributed by atoms with Gasteiger partial charge in [0.1, 0.15) is 5.56 Å². The zero-order valence-electron chi connectivity index (χ0n) is 11.0. The number of hydrogen-bond donors (Lipinski definition) is 1. The van der Waals surface area contributed by atoms with Crippen LogP contribution in [0.5, 0.6) is 0 Å². The maximum absolute atomic E-state index is 12.1. The quantitative estimate of drug-likeness (QED) is 0.519. The fourth-order valence-corrected chi connectivity index (χ4v) is 3.42. The van der Waals surface area contributed by atoms with E-state index in [2.05, 4.69) is 21.2 Å². The average Bonchev–Trinajstić information content (AvgIpc) is 2.45. The summed E-state index contributed by atoms with van der Waals surface area (Å²) >= 11 is 3.61. The molecule has 1 saturated carbocycles. The van der Waals surface area contributed by atoms with E-state index in [4.69, 9.17) is 0 Å². The molecule has 2 rings (SSSR count). The molecule has 1 fully saturated rings. The van der Waals surface area contributed by atoms with Crippen LogP contribution < -0.4 is 5.32 Å². The molecule has 2 atom stereocenters. The van der Waals surface area contributed by atoms with Gasteiger partial charge < -0.3 is 5.32 Å². The molecule has 0 bridgehead atoms. The zero-order chi connectivity index (χ0) is 14.5. The molecule has 1 aromatic rings. The number of halogens is 1. The molecule has 0 saturated heterocycles. The zero-order valence-corrected chi connectivity index (χ0v) is 12.6. The SMILES string of the molecule is O=C(NCC1CCCC(Br)C1)c1ccccc1[N+](=O)[O-]. The first-order chi connectivity index (χ1) is 9.58. The predicted molar refractivity (Wildman–Crippen MR) is 80.1 cm³/mol. The van der Waals surface area contributed by atoms with Crippen LogP contribution in [0, 0.1) is 16.0 Å². The highest BCUT2D eigenvalue weighted by Crippen LogP contribution is 2.28. The van der Waals surface area contributed by atoms with Crippen molar-refractivity contribution in [1.29, 1.82) is 0 Å². The van der Waals surface area contributed by atoms with Gasteiger partial charge in [-0.15, -0.1) is 0 Å². The van der Waals surface area contributed by atoms with E-state index in [0.29, 0.717) is 17.3 Å². The topological polar surface area (TPSA) is 72.2 Å². The van der Waals surface area contributed by atoms with E-state index in [9.17, 15) is 14.9 Å². The van der Waals surface area contributed by atoms with E-state index in [1.807, 2.05) is 0 Å². The minimum Gasteiger partial charge on any atom is -0.352 e. The predicted octanol–water partition coefficient (Wildman–Crippen LogP) is 3.28. The first-order valence-electron chi connectivity index (χ1n) is 6.73. The van der Waals surface area contributed by atoms with E-state index in [-0.39, 0.29) is 17.2 Å². The average molecular weight is 341 g/mol. The number of benzene rings is 1. The van der Waals surface area contributed by atoms with Crippen LogP contribution >= 0.6 is 15.9 Å². The van der Waals surface area contributed by atoms with Gasteiger partial charge in [0.2, 0.25) is 0 Å². The maximum atomic E-state index is 12.1. The Labute approximate surface area is 126 Å². The Hall–Kier alpha value is -1.43. The van der Waals surface area contributed by atoms with Crippen molar-refractivity contribution >= 4 is 27.5 Å². The third-order valence-electron chi connectivity index (χ3n) is 3.62. The molecule has 2 unspecified atom stereocenters. The van der Waals surface area contributed by atoms with Crippen molar-refractivity contribution in [3.05, 3.63) is 39.9 Å². The van der Waals surface area contributed by atoms with Gasteiger partial charge in [0.05, 0.1) is 4.92 Å². The summed E-state index contributed by atoms with van der Waals surface area (Å²) in [4.78, 5) is 23.0. The lowest BCUT2D eigenvalue weighted by atomic mass is 9.89. The van der Waals surface area contributed by atoms with Gasteiger partial charge in [-0.3, -0.25) is 14.9 Å². The van der Waals surface area contributed by atoms with Crippen molar-refractivity contribution in [3.8, 4) is 0 Å². The maximum Gasteiger partial charge on any atom is 0.282 e. The largest absolute Gasteiger partial charge is 0.352 e. The van der Waals surface area contributed by atoms with Crippen molar-refractivity contribution in [1.82, 2.24) is 5.32 Å². The van der Waals surface area contributed by atoms with Crippen molar-refractivity contribution in [2.75, 3.05) is 6.54 Å². The van der Waals surface area contributed by atoms with Crippen LogP contribution in [0.1, 0.15) is 36.0 Å². The van der Waals surface area contributed by atoms with Crippen LogP contribution in [-0.2, 0) is 0 Å². The molecule has 1 aliphatic rings. The van der Waals surface area contributed by atoms with E-state index in [1.54, 1.807) is 12.1 Å². The standard InChI is InChI=1S/C14H17BrN2O3/c15-11-5-3-4-10(8-11)9-16-14(18)12-6-1-2-7-13(12)17(19)20/h1-2,6-7,10-11H,3-5,8-9H2,(H,16,18). The Morgan fingerprint density at radius 1 is 1.40 bits per heavy atom. The number of nitrogens with one attached hydrogen (secondary N) is 1. The van der Waals surface area contributed by atoms with Gasteiger partial charge in [-0.2, -0.15) is 0 Å². The first-order valence-corrected chi connectivity index (χ1v) is 7.65. The van der Waals surface area contributed by atoms with E-state index >= 15 is 0 Å². The van der Waals surface area contributed by atoms with Gasteiger partial charge in [-0.25, -0.2) is 0 Å². The number of alkyl halides is 1. The normalized spacial score (nSPS) is 22.2. The number of nitro benzene ring substituents is 1. The van der Waals surface area contributed by atoms with E-state index in [1.165, 1.54) is 18.6 Å². The van der Waals surface area contributed by atoms with E-state index in [0.717, 1.165) is 19.3 Å². The van der Waals surface area contributed by atoms with Crippen molar-refractivity contribution in [2.24, 2.45) is 5.92 Å². The van der Waals surface area contributed by atoms with Crippen LogP contribution in [0.4, 0.5) is 5.69 Å². The number of para-hydroxylation sites is 1. The number of nitro groups is 1. The summed E-state index contributed by atoms with van der Waals surface area (Å²) < 4.78 is 0. The van der Waals surface area contributed by atoms with Crippen molar-refractivity contribution in [2.45, 2.75) is 30.5 Å². The summed E-state index contributed by atoms with van der Waals surface area (Å²) in [5.74, 6) is 0.0776. The fourth-order valence-electron chi connectivity index (χ4n) is 2.57. The van der Waals surface area contributed by atoms with Gasteiger partial charge in [0.25, 0.3) is 11.6 Å². The molecule has 1 amide bonds. The minimum absolute atomic E-state index is 0.128. The molecule has 0 heterocycles. The molecule has 0 spiro atoms. The molecule has 20 heavy (non-hydrogen) atoms. The summed E-state index contributed by atoms with van der Waals surface area (Å²) in [7, 11) is 0. The monoisotopic (exact) mass is 340 g/mol. The lowest BCUT2D eigenvalue weighted by Crippen LogP contribution is -2.32. The second-order valence-electron chi connectivity index (χ2n) is 5.11. The summed E-state index contributed by atoms with van der Waals surface area (Å²) in [6.45, 7) is 0.576. The molecule has 6 heteroatoms. The molecular formula is C14H17BrN2O3. The van der Waals surface area contributed by atoms with Gasteiger partial charge in [0, 0.05) is 17.4 Å². The Kier molecular flexibility index (Phi) is 5.11. The molecule has 5 nitrogen and oxygen atoms in total. The number of carbonyl (C=O) groups excluding carboxylic acids is 1. The summed E-state index contributed by atoms with van der Waals surface area (Å²) in [5, 5.41) is 13.7. The third-order valence-corrected chi connectivity index (χ3v) is 4.45. The molecule has 0 radical (unpaired) electrons.